The van der Waals surface area contributed by atoms with Crippen LogP contribution in [0.3, 0.4) is 0 Å². The molecule has 1 aliphatic rings. The van der Waals surface area contributed by atoms with E-state index in [1.807, 2.05) is 0 Å². The van der Waals surface area contributed by atoms with Crippen molar-refractivity contribution in [1.82, 2.24) is 5.12 Å². The predicted octanol–water partition coefficient (Wildman–Crippen LogP) is 1.69. The summed E-state index contributed by atoms with van der Waals surface area (Å²) in [7, 11) is 0. The third-order valence-electron chi connectivity index (χ3n) is 1.73. The van der Waals surface area contributed by atoms with E-state index in [-0.39, 0.29) is 0 Å². The zero-order chi connectivity index (χ0) is 6.69. The quantitative estimate of drug-likeness (QED) is 0.494. The topological polar surface area (TPSA) is 3.24 Å². The first kappa shape index (κ1) is 6.93. The largest absolute Gasteiger partial charge is 0.249 e. The lowest BCUT2D eigenvalue weighted by Gasteiger charge is -2.25. The van der Waals surface area contributed by atoms with Crippen LogP contribution >= 0.6 is 0 Å². The van der Waals surface area contributed by atoms with Gasteiger partial charge in [0.25, 0.3) is 0 Å². The van der Waals surface area contributed by atoms with Gasteiger partial charge in [0.15, 0.2) is 0 Å². The average molecular weight is 135 g/mol. The van der Waals surface area contributed by atoms with Gasteiger partial charge in [-0.05, 0) is 12.8 Å². The molecule has 0 aromatic rings. The number of piperidine rings is 1. The van der Waals surface area contributed by atoms with E-state index in [0.29, 0.717) is 18.1 Å². The molecule has 0 saturated carbocycles. The van der Waals surface area contributed by atoms with Gasteiger partial charge in [0.2, 0.25) is 0 Å². The van der Waals surface area contributed by atoms with E-state index in [1.54, 1.807) is 0 Å². The Morgan fingerprint density at radius 1 is 1.44 bits per heavy atom. The van der Waals surface area contributed by atoms with Crippen LogP contribution in [0.5, 0.6) is 0 Å². The second-order valence-corrected chi connectivity index (χ2v) is 2.43. The van der Waals surface area contributed by atoms with Crippen molar-refractivity contribution in [2.24, 2.45) is 0 Å². The third-order valence-corrected chi connectivity index (χ3v) is 1.73. The molecule has 0 aromatic heterocycles. The summed E-state index contributed by atoms with van der Waals surface area (Å²) in [5, 5.41) is 0.615. The summed E-state index contributed by atoms with van der Waals surface area (Å²) in [6.45, 7) is -0.134. The lowest BCUT2D eigenvalue weighted by molar-refractivity contribution is -0.0520. The number of hydrogen-bond acceptors (Lipinski definition) is 1. The standard InChI is InChI=1S/C6H11F2N/c7-5-6-3-1-2-4-9(6)8/h6H,1-5H2. The molecule has 1 saturated heterocycles. The Bertz CT molecular complexity index is 87.1. The summed E-state index contributed by atoms with van der Waals surface area (Å²) >= 11 is 0. The maximum absolute atomic E-state index is 12.4. The molecule has 1 aliphatic heterocycles. The molecule has 0 amide bonds. The first-order chi connectivity index (χ1) is 4.34. The Labute approximate surface area is 53.6 Å². The minimum absolute atomic E-state index is 0.411. The normalized spacial score (nSPS) is 30.7. The molecule has 3 heteroatoms. The van der Waals surface area contributed by atoms with Crippen molar-refractivity contribution in [3.05, 3.63) is 0 Å². The fourth-order valence-electron chi connectivity index (χ4n) is 1.12. The van der Waals surface area contributed by atoms with Crippen molar-refractivity contribution >= 4 is 0 Å². The van der Waals surface area contributed by atoms with Gasteiger partial charge in [-0.15, -0.1) is 9.60 Å². The highest BCUT2D eigenvalue weighted by molar-refractivity contribution is 4.69. The number of alkyl halides is 1. The first-order valence-corrected chi connectivity index (χ1v) is 3.33. The maximum Gasteiger partial charge on any atom is 0.108 e. The van der Waals surface area contributed by atoms with Crippen LogP contribution in [-0.2, 0) is 0 Å². The highest BCUT2D eigenvalue weighted by Crippen LogP contribution is 2.16. The molecule has 0 radical (unpaired) electrons. The molecule has 1 fully saturated rings. The van der Waals surface area contributed by atoms with Crippen LogP contribution in [0.25, 0.3) is 0 Å². The molecule has 1 heterocycles. The molecule has 0 aliphatic carbocycles. The molecule has 9 heavy (non-hydrogen) atoms. The van der Waals surface area contributed by atoms with Gasteiger partial charge < -0.3 is 0 Å². The smallest absolute Gasteiger partial charge is 0.108 e. The molecule has 0 bridgehead atoms. The summed E-state index contributed by atoms with van der Waals surface area (Å²) in [6, 6.07) is -0.446. The van der Waals surface area contributed by atoms with Gasteiger partial charge in [-0.2, -0.15) is 0 Å². The van der Waals surface area contributed by atoms with Gasteiger partial charge in [-0.1, -0.05) is 6.42 Å². The first-order valence-electron chi connectivity index (χ1n) is 3.33. The Balaban J connectivity index is 2.30. The Kier molecular flexibility index (Phi) is 2.39. The molecule has 0 aromatic carbocycles. The van der Waals surface area contributed by atoms with Crippen LogP contribution < -0.4 is 0 Å². The molecule has 0 spiro atoms. The molecule has 1 rings (SSSR count). The molecular weight excluding hydrogens is 124 g/mol. The second kappa shape index (κ2) is 3.11. The SMILES string of the molecule is FCC1CCCCN1F. The van der Waals surface area contributed by atoms with Crippen LogP contribution in [0.4, 0.5) is 8.87 Å². The fourth-order valence-corrected chi connectivity index (χ4v) is 1.12. The van der Waals surface area contributed by atoms with Gasteiger partial charge in [-0.25, -0.2) is 4.39 Å². The number of hydrogen-bond donors (Lipinski definition) is 0. The van der Waals surface area contributed by atoms with E-state index in [9.17, 15) is 8.87 Å². The van der Waals surface area contributed by atoms with E-state index in [0.717, 1.165) is 12.8 Å². The van der Waals surface area contributed by atoms with Crippen LogP contribution in [0.2, 0.25) is 0 Å². The van der Waals surface area contributed by atoms with E-state index in [4.69, 9.17) is 0 Å². The van der Waals surface area contributed by atoms with Crippen LogP contribution in [0.15, 0.2) is 0 Å². The minimum Gasteiger partial charge on any atom is -0.249 e. The van der Waals surface area contributed by atoms with Crippen LogP contribution in [0.1, 0.15) is 19.3 Å². The van der Waals surface area contributed by atoms with E-state index in [2.05, 4.69) is 0 Å². The summed E-state index contributed by atoms with van der Waals surface area (Å²) in [5.74, 6) is 0. The lowest BCUT2D eigenvalue weighted by Crippen LogP contribution is -2.34. The van der Waals surface area contributed by atoms with Crippen molar-refractivity contribution in [2.75, 3.05) is 13.2 Å². The van der Waals surface area contributed by atoms with Gasteiger partial charge in [-0.3, -0.25) is 0 Å². The monoisotopic (exact) mass is 135 g/mol. The predicted molar refractivity (Wildman–Crippen MR) is 31.4 cm³/mol. The number of rotatable bonds is 1. The zero-order valence-electron chi connectivity index (χ0n) is 5.32. The highest BCUT2D eigenvalue weighted by Gasteiger charge is 2.21. The van der Waals surface area contributed by atoms with E-state index in [1.165, 1.54) is 0 Å². The van der Waals surface area contributed by atoms with E-state index >= 15 is 0 Å². The van der Waals surface area contributed by atoms with Crippen molar-refractivity contribution in [1.29, 1.82) is 0 Å². The average Bonchev–Trinajstić information content (AvgIpc) is 1.89. The minimum atomic E-state index is -0.545. The second-order valence-electron chi connectivity index (χ2n) is 2.43. The van der Waals surface area contributed by atoms with Crippen LogP contribution in [-0.4, -0.2) is 24.4 Å². The van der Waals surface area contributed by atoms with Gasteiger partial charge in [0.1, 0.15) is 6.67 Å². The number of halogens is 2. The maximum atomic E-state index is 12.4. The Morgan fingerprint density at radius 2 is 2.22 bits per heavy atom. The summed E-state index contributed by atoms with van der Waals surface area (Å²) in [5.41, 5.74) is 0. The molecular formula is C6H11F2N. The van der Waals surface area contributed by atoms with Gasteiger partial charge >= 0.3 is 0 Å². The summed E-state index contributed by atoms with van der Waals surface area (Å²) in [4.78, 5) is 0. The van der Waals surface area contributed by atoms with Crippen LogP contribution in [0, 0.1) is 0 Å². The Hall–Kier alpha value is -0.180. The molecule has 0 N–H and O–H groups in total. The van der Waals surface area contributed by atoms with Crippen molar-refractivity contribution in [3.8, 4) is 0 Å². The Morgan fingerprint density at radius 3 is 2.67 bits per heavy atom. The van der Waals surface area contributed by atoms with E-state index < -0.39 is 12.7 Å². The number of nitrogens with zero attached hydrogens (tertiary/aromatic N) is 1. The molecule has 1 unspecified atom stereocenters. The lowest BCUT2D eigenvalue weighted by atomic mass is 10.1. The highest BCUT2D eigenvalue weighted by atomic mass is 19.2. The van der Waals surface area contributed by atoms with Crippen molar-refractivity contribution in [3.63, 3.8) is 0 Å². The van der Waals surface area contributed by atoms with Crippen molar-refractivity contribution < 1.29 is 8.87 Å². The molecule has 54 valence electrons. The van der Waals surface area contributed by atoms with Gasteiger partial charge in [0.05, 0.1) is 6.04 Å². The molecule has 1 nitrogen and oxygen atoms in total. The fraction of sp³-hybridized carbons (Fsp3) is 1.00. The zero-order valence-corrected chi connectivity index (χ0v) is 5.32. The summed E-state index contributed by atoms with van der Waals surface area (Å²) in [6.07, 6.45) is 2.51. The van der Waals surface area contributed by atoms with Crippen molar-refractivity contribution in [2.45, 2.75) is 25.3 Å². The summed E-state index contributed by atoms with van der Waals surface area (Å²) < 4.78 is 24.3. The third kappa shape index (κ3) is 1.61. The molecule has 1 atom stereocenters. The van der Waals surface area contributed by atoms with Gasteiger partial charge in [0, 0.05) is 6.54 Å².